The van der Waals surface area contributed by atoms with Gasteiger partial charge in [0.05, 0.1) is 25.5 Å². The number of ether oxygens (including phenoxy) is 3. The van der Waals surface area contributed by atoms with Gasteiger partial charge in [-0.25, -0.2) is 4.79 Å². The standard InChI is InChI=1S/C21H22N2O6/c1-27-15-8-9-18(17(11-15)21(26)28-2)23-19(24)12-29-16-5-3-4-14(10-16)22-20(25)13-6-7-13/h3-5,8-11,13H,6-7,12H2,1-2H3,(H,22,25)(H,23,24). The summed E-state index contributed by atoms with van der Waals surface area (Å²) in [4.78, 5) is 36.1. The highest BCUT2D eigenvalue weighted by molar-refractivity contribution is 6.02. The van der Waals surface area contributed by atoms with Gasteiger partial charge in [0.2, 0.25) is 5.91 Å². The van der Waals surface area contributed by atoms with Crippen molar-refractivity contribution in [2.45, 2.75) is 12.8 Å². The van der Waals surface area contributed by atoms with Gasteiger partial charge < -0.3 is 24.8 Å². The van der Waals surface area contributed by atoms with Gasteiger partial charge in [0.25, 0.3) is 5.91 Å². The van der Waals surface area contributed by atoms with Crippen molar-refractivity contribution in [1.29, 1.82) is 0 Å². The third-order valence-corrected chi connectivity index (χ3v) is 4.33. The quantitative estimate of drug-likeness (QED) is 0.663. The van der Waals surface area contributed by atoms with Crippen molar-refractivity contribution in [2.75, 3.05) is 31.5 Å². The second-order valence-electron chi connectivity index (χ2n) is 6.53. The van der Waals surface area contributed by atoms with E-state index in [0.717, 1.165) is 12.8 Å². The molecule has 152 valence electrons. The highest BCUT2D eigenvalue weighted by Crippen LogP contribution is 2.30. The molecule has 8 nitrogen and oxygen atoms in total. The fraction of sp³-hybridized carbons (Fsp3) is 0.286. The van der Waals surface area contributed by atoms with Crippen LogP contribution < -0.4 is 20.1 Å². The zero-order chi connectivity index (χ0) is 20.8. The highest BCUT2D eigenvalue weighted by Gasteiger charge is 2.29. The summed E-state index contributed by atoms with van der Waals surface area (Å²) in [5, 5.41) is 5.45. The Labute approximate surface area is 168 Å². The van der Waals surface area contributed by atoms with E-state index in [2.05, 4.69) is 10.6 Å². The molecule has 0 radical (unpaired) electrons. The van der Waals surface area contributed by atoms with Gasteiger partial charge in [-0.1, -0.05) is 6.07 Å². The number of hydrogen-bond acceptors (Lipinski definition) is 6. The van der Waals surface area contributed by atoms with Gasteiger partial charge in [-0.3, -0.25) is 9.59 Å². The molecule has 29 heavy (non-hydrogen) atoms. The molecule has 1 fully saturated rings. The molecule has 8 heteroatoms. The number of benzene rings is 2. The van der Waals surface area contributed by atoms with Crippen LogP contribution in [0.4, 0.5) is 11.4 Å². The smallest absolute Gasteiger partial charge is 0.340 e. The fourth-order valence-electron chi connectivity index (χ4n) is 2.63. The fourth-order valence-corrected chi connectivity index (χ4v) is 2.63. The zero-order valence-corrected chi connectivity index (χ0v) is 16.2. The van der Waals surface area contributed by atoms with Gasteiger partial charge in [0.1, 0.15) is 11.5 Å². The maximum atomic E-state index is 12.3. The third-order valence-electron chi connectivity index (χ3n) is 4.33. The molecule has 2 amide bonds. The van der Waals surface area contributed by atoms with E-state index >= 15 is 0 Å². The predicted molar refractivity (Wildman–Crippen MR) is 106 cm³/mol. The van der Waals surface area contributed by atoms with E-state index in [4.69, 9.17) is 14.2 Å². The SMILES string of the molecule is COC(=O)c1cc(OC)ccc1NC(=O)COc1cccc(NC(=O)C2CC2)c1. The molecule has 0 unspecified atom stereocenters. The summed E-state index contributed by atoms with van der Waals surface area (Å²) in [6.45, 7) is -0.271. The summed E-state index contributed by atoms with van der Waals surface area (Å²) in [6, 6.07) is 11.5. The maximum Gasteiger partial charge on any atom is 0.340 e. The van der Waals surface area contributed by atoms with E-state index in [-0.39, 0.29) is 29.7 Å². The Morgan fingerprint density at radius 1 is 1.00 bits per heavy atom. The number of anilines is 2. The highest BCUT2D eigenvalue weighted by atomic mass is 16.5. The molecule has 0 saturated heterocycles. The molecule has 1 aliphatic carbocycles. The molecule has 3 rings (SSSR count). The Bertz CT molecular complexity index is 923. The van der Waals surface area contributed by atoms with Gasteiger partial charge in [0.15, 0.2) is 6.61 Å². The topological polar surface area (TPSA) is 103 Å². The molecule has 1 saturated carbocycles. The van der Waals surface area contributed by atoms with Crippen molar-refractivity contribution in [1.82, 2.24) is 0 Å². The molecular weight excluding hydrogens is 376 g/mol. The molecule has 0 aliphatic heterocycles. The van der Waals surface area contributed by atoms with E-state index in [1.807, 2.05) is 0 Å². The van der Waals surface area contributed by atoms with Crippen molar-refractivity contribution in [3.05, 3.63) is 48.0 Å². The number of carbonyl (C=O) groups is 3. The first-order chi connectivity index (χ1) is 14.0. The van der Waals surface area contributed by atoms with Gasteiger partial charge in [-0.05, 0) is 43.2 Å². The largest absolute Gasteiger partial charge is 0.497 e. The molecular formula is C21H22N2O6. The van der Waals surface area contributed by atoms with Crippen LogP contribution in [-0.4, -0.2) is 38.6 Å². The number of methoxy groups -OCH3 is 2. The first-order valence-corrected chi connectivity index (χ1v) is 9.10. The maximum absolute atomic E-state index is 12.3. The molecule has 2 N–H and O–H groups in total. The minimum absolute atomic E-state index is 0.00487. The Morgan fingerprint density at radius 2 is 1.79 bits per heavy atom. The first-order valence-electron chi connectivity index (χ1n) is 9.10. The van der Waals surface area contributed by atoms with Crippen molar-refractivity contribution in [3.63, 3.8) is 0 Å². The molecule has 2 aromatic carbocycles. The van der Waals surface area contributed by atoms with Crippen molar-refractivity contribution < 1.29 is 28.6 Å². The molecule has 0 spiro atoms. The Hall–Kier alpha value is -3.55. The Kier molecular flexibility index (Phi) is 6.33. The summed E-state index contributed by atoms with van der Waals surface area (Å²) in [5.74, 6) is -0.0538. The molecule has 0 heterocycles. The summed E-state index contributed by atoms with van der Waals surface area (Å²) in [7, 11) is 2.73. The van der Waals surface area contributed by atoms with Crippen LogP contribution in [0.15, 0.2) is 42.5 Å². The van der Waals surface area contributed by atoms with Crippen molar-refractivity contribution >= 4 is 29.2 Å². The molecule has 0 bridgehead atoms. The van der Waals surface area contributed by atoms with Gasteiger partial charge in [0, 0.05) is 17.7 Å². The van der Waals surface area contributed by atoms with Crippen LogP contribution >= 0.6 is 0 Å². The van der Waals surface area contributed by atoms with Crippen LogP contribution in [0.5, 0.6) is 11.5 Å². The predicted octanol–water partition coefficient (Wildman–Crippen LogP) is 2.85. The lowest BCUT2D eigenvalue weighted by Crippen LogP contribution is -2.22. The number of rotatable bonds is 8. The van der Waals surface area contributed by atoms with Crippen LogP contribution in [-0.2, 0) is 14.3 Å². The number of carbonyl (C=O) groups excluding carboxylic acids is 3. The van der Waals surface area contributed by atoms with Crippen LogP contribution in [0.3, 0.4) is 0 Å². The first kappa shape index (κ1) is 20.2. The summed E-state index contributed by atoms with van der Waals surface area (Å²) in [5.41, 5.74) is 1.07. The van der Waals surface area contributed by atoms with Gasteiger partial charge in [-0.15, -0.1) is 0 Å². The monoisotopic (exact) mass is 398 g/mol. The second kappa shape index (κ2) is 9.09. The summed E-state index contributed by atoms with van der Waals surface area (Å²) >= 11 is 0. The van der Waals surface area contributed by atoms with E-state index in [1.54, 1.807) is 36.4 Å². The summed E-state index contributed by atoms with van der Waals surface area (Å²) < 4.78 is 15.3. The number of nitrogens with one attached hydrogen (secondary N) is 2. The van der Waals surface area contributed by atoms with E-state index < -0.39 is 11.9 Å². The molecule has 0 aromatic heterocycles. The van der Waals surface area contributed by atoms with Gasteiger partial charge >= 0.3 is 5.97 Å². The number of hydrogen-bond donors (Lipinski definition) is 2. The summed E-state index contributed by atoms with van der Waals surface area (Å²) in [6.07, 6.45) is 1.84. The molecule has 0 atom stereocenters. The van der Waals surface area contributed by atoms with Crippen LogP contribution in [0.2, 0.25) is 0 Å². The minimum atomic E-state index is -0.598. The lowest BCUT2D eigenvalue weighted by Gasteiger charge is -2.12. The van der Waals surface area contributed by atoms with Crippen LogP contribution in [0, 0.1) is 5.92 Å². The minimum Gasteiger partial charge on any atom is -0.497 e. The normalized spacial score (nSPS) is 12.6. The van der Waals surface area contributed by atoms with E-state index in [9.17, 15) is 14.4 Å². The average molecular weight is 398 g/mol. The second-order valence-corrected chi connectivity index (χ2v) is 6.53. The average Bonchev–Trinajstić information content (AvgIpc) is 3.58. The Morgan fingerprint density at radius 3 is 2.48 bits per heavy atom. The number of amides is 2. The van der Waals surface area contributed by atoms with Crippen LogP contribution in [0.25, 0.3) is 0 Å². The van der Waals surface area contributed by atoms with E-state index in [1.165, 1.54) is 20.3 Å². The van der Waals surface area contributed by atoms with Crippen molar-refractivity contribution in [2.24, 2.45) is 5.92 Å². The lowest BCUT2D eigenvalue weighted by molar-refractivity contribution is -0.118. The molecule has 2 aromatic rings. The zero-order valence-electron chi connectivity index (χ0n) is 16.2. The number of esters is 1. The van der Waals surface area contributed by atoms with E-state index in [0.29, 0.717) is 17.2 Å². The third kappa shape index (κ3) is 5.47. The van der Waals surface area contributed by atoms with Gasteiger partial charge in [-0.2, -0.15) is 0 Å². The molecule has 1 aliphatic rings. The Balaban J connectivity index is 1.60. The van der Waals surface area contributed by atoms with Crippen LogP contribution in [0.1, 0.15) is 23.2 Å². The van der Waals surface area contributed by atoms with Crippen molar-refractivity contribution in [3.8, 4) is 11.5 Å². The lowest BCUT2D eigenvalue weighted by atomic mass is 10.1.